The largest absolute Gasteiger partial charge is 0.634 e. The third kappa shape index (κ3) is 4.88. The van der Waals surface area contributed by atoms with Crippen LogP contribution in [0.3, 0.4) is 0 Å². The van der Waals surface area contributed by atoms with Gasteiger partial charge in [0.2, 0.25) is 17.5 Å². The van der Waals surface area contributed by atoms with Crippen molar-refractivity contribution in [2.24, 2.45) is 0 Å². The molecule has 19 heteroatoms. The molecule has 0 aliphatic carbocycles. The van der Waals surface area contributed by atoms with Crippen molar-refractivity contribution >= 4 is 12.9 Å². The van der Waals surface area contributed by atoms with Crippen LogP contribution in [-0.4, -0.2) is 17.4 Å². The third-order valence-corrected chi connectivity index (χ3v) is 5.07. The van der Waals surface area contributed by atoms with Crippen molar-refractivity contribution in [3.8, 4) is 0 Å². The van der Waals surface area contributed by atoms with E-state index in [1.54, 1.807) is 0 Å². The average molecular weight is 600 g/mol. The van der Waals surface area contributed by atoms with E-state index in [9.17, 15) is 65.9 Å². The van der Waals surface area contributed by atoms with Crippen LogP contribution in [0.1, 0.15) is 22.8 Å². The van der Waals surface area contributed by atoms with Crippen molar-refractivity contribution in [3.63, 3.8) is 0 Å². The summed E-state index contributed by atoms with van der Waals surface area (Å²) in [5.41, 5.74) is -9.85. The van der Waals surface area contributed by atoms with Gasteiger partial charge in [-0.2, -0.15) is 0 Å². The SMILES string of the molecule is OB(O)OC(C=C(c1c(F)c(F)c(F)c(F)c1F)c1c(F)c(F)c(F)c(F)c1F)c1c(F)c(F)c(F)c(F)c1F. The molecule has 3 rings (SSSR count). The first-order chi connectivity index (χ1) is 18.4. The monoisotopic (exact) mass is 600 g/mol. The van der Waals surface area contributed by atoms with Gasteiger partial charge in [-0.25, -0.2) is 65.9 Å². The predicted octanol–water partition coefficient (Wildman–Crippen LogP) is 5.93. The Bertz CT molecular complexity index is 1420. The van der Waals surface area contributed by atoms with E-state index in [0.29, 0.717) is 0 Å². The number of benzene rings is 3. The summed E-state index contributed by atoms with van der Waals surface area (Å²) in [7, 11) is -3.37. The molecular formula is C21H4BF15O3. The third-order valence-electron chi connectivity index (χ3n) is 5.07. The van der Waals surface area contributed by atoms with Gasteiger partial charge in [0, 0.05) is 0 Å². The number of hydrogen-bond donors (Lipinski definition) is 2. The summed E-state index contributed by atoms with van der Waals surface area (Å²) in [5, 5.41) is 18.1. The highest BCUT2D eigenvalue weighted by Crippen LogP contribution is 2.40. The van der Waals surface area contributed by atoms with Gasteiger partial charge in [0.15, 0.2) is 69.8 Å². The Labute approximate surface area is 210 Å². The van der Waals surface area contributed by atoms with E-state index in [1.807, 2.05) is 0 Å². The molecule has 0 saturated heterocycles. The molecule has 40 heavy (non-hydrogen) atoms. The maximum Gasteiger partial charge on any atom is 0.634 e. The highest BCUT2D eigenvalue weighted by molar-refractivity contribution is 6.32. The van der Waals surface area contributed by atoms with Crippen LogP contribution < -0.4 is 0 Å². The summed E-state index contributed by atoms with van der Waals surface area (Å²) in [4.78, 5) is 0. The second kappa shape index (κ2) is 11.0. The summed E-state index contributed by atoms with van der Waals surface area (Å²) in [5.74, 6) is -44.0. The number of hydrogen-bond acceptors (Lipinski definition) is 3. The standard InChI is InChI=1S/C21H4BF15O3/c23-7-4(8(24)14(30)19(35)13(7)29)2(5-9(25)15(31)20(36)16(32)10(5)26)1-3(40-22(38)39)6-11(27)17(33)21(37)18(34)12(6)28/h1,3,38-39H. The molecule has 1 atom stereocenters. The van der Waals surface area contributed by atoms with Crippen molar-refractivity contribution in [1.29, 1.82) is 0 Å². The van der Waals surface area contributed by atoms with Gasteiger partial charge in [-0.1, -0.05) is 0 Å². The van der Waals surface area contributed by atoms with Gasteiger partial charge in [0.25, 0.3) is 0 Å². The van der Waals surface area contributed by atoms with E-state index in [4.69, 9.17) is 10.0 Å². The molecule has 1 unspecified atom stereocenters. The molecule has 3 nitrogen and oxygen atoms in total. The molecule has 0 saturated carbocycles. The highest BCUT2D eigenvalue weighted by Gasteiger charge is 2.37. The van der Waals surface area contributed by atoms with E-state index < -0.39 is 129 Å². The predicted molar refractivity (Wildman–Crippen MR) is 99.8 cm³/mol. The van der Waals surface area contributed by atoms with Crippen molar-refractivity contribution < 1.29 is 80.6 Å². The molecule has 0 aliphatic heterocycles. The Kier molecular flexibility index (Phi) is 8.52. The first kappa shape index (κ1) is 30.8. The van der Waals surface area contributed by atoms with Crippen LogP contribution in [-0.2, 0) is 4.65 Å². The lowest BCUT2D eigenvalue weighted by Gasteiger charge is -2.21. The Hall–Kier alpha value is -3.71. The quantitative estimate of drug-likeness (QED) is 0.160. The maximum absolute atomic E-state index is 14.6. The molecule has 0 radical (unpaired) electrons. The lowest BCUT2D eigenvalue weighted by molar-refractivity contribution is 0.141. The summed E-state index contributed by atoms with van der Waals surface area (Å²) in [6, 6.07) is 0. The molecule has 0 fully saturated rings. The Morgan fingerprint density at radius 3 is 0.975 bits per heavy atom. The lowest BCUT2D eigenvalue weighted by Crippen LogP contribution is -2.23. The van der Waals surface area contributed by atoms with Crippen molar-refractivity contribution in [1.82, 2.24) is 0 Å². The van der Waals surface area contributed by atoms with Crippen LogP contribution in [0.15, 0.2) is 6.08 Å². The van der Waals surface area contributed by atoms with Gasteiger partial charge in [-0.3, -0.25) is 0 Å². The van der Waals surface area contributed by atoms with Crippen molar-refractivity contribution in [3.05, 3.63) is 110 Å². The molecule has 3 aromatic carbocycles. The summed E-state index contributed by atoms with van der Waals surface area (Å²) >= 11 is 0. The van der Waals surface area contributed by atoms with Gasteiger partial charge in [0.05, 0.1) is 22.8 Å². The molecule has 0 aliphatic rings. The first-order valence-electron chi connectivity index (χ1n) is 9.73. The van der Waals surface area contributed by atoms with Crippen LogP contribution in [0.4, 0.5) is 65.9 Å². The van der Waals surface area contributed by atoms with Gasteiger partial charge >= 0.3 is 7.32 Å². The topological polar surface area (TPSA) is 49.7 Å². The zero-order valence-corrected chi connectivity index (χ0v) is 18.2. The van der Waals surface area contributed by atoms with Crippen LogP contribution in [0, 0.1) is 87.3 Å². The smallest absolute Gasteiger partial charge is 0.402 e. The minimum Gasteiger partial charge on any atom is -0.402 e. The van der Waals surface area contributed by atoms with E-state index >= 15 is 0 Å². The van der Waals surface area contributed by atoms with Crippen LogP contribution in [0.5, 0.6) is 0 Å². The van der Waals surface area contributed by atoms with Crippen LogP contribution in [0.2, 0.25) is 0 Å². The first-order valence-corrected chi connectivity index (χ1v) is 9.73. The molecule has 2 N–H and O–H groups in total. The minimum absolute atomic E-state index is 0.658. The molecule has 0 aromatic heterocycles. The molecule has 0 amide bonds. The van der Waals surface area contributed by atoms with Crippen LogP contribution >= 0.6 is 0 Å². The summed E-state index contributed by atoms with van der Waals surface area (Å²) in [6.45, 7) is 0. The Morgan fingerprint density at radius 1 is 0.450 bits per heavy atom. The second-order valence-corrected chi connectivity index (χ2v) is 7.34. The molecule has 0 bridgehead atoms. The zero-order chi connectivity index (χ0) is 30.5. The fourth-order valence-corrected chi connectivity index (χ4v) is 3.32. The molecular weight excluding hydrogens is 596 g/mol. The highest BCUT2D eigenvalue weighted by atomic mass is 19.2. The molecule has 0 heterocycles. The molecule has 3 aromatic rings. The average Bonchev–Trinajstić information content (AvgIpc) is 2.90. The second-order valence-electron chi connectivity index (χ2n) is 7.34. The van der Waals surface area contributed by atoms with Crippen molar-refractivity contribution in [2.45, 2.75) is 6.10 Å². The Balaban J connectivity index is 2.62. The van der Waals surface area contributed by atoms with Gasteiger partial charge in [-0.15, -0.1) is 0 Å². The van der Waals surface area contributed by atoms with Gasteiger partial charge < -0.3 is 14.7 Å². The summed E-state index contributed by atoms with van der Waals surface area (Å²) in [6.07, 6.45) is -4.06. The number of halogens is 15. The fraction of sp³-hybridized carbons (Fsp3) is 0.0476. The van der Waals surface area contributed by atoms with Crippen molar-refractivity contribution in [2.75, 3.05) is 0 Å². The Morgan fingerprint density at radius 2 is 0.700 bits per heavy atom. The zero-order valence-electron chi connectivity index (χ0n) is 18.2. The summed E-state index contributed by atoms with van der Waals surface area (Å²) < 4.78 is 215. The van der Waals surface area contributed by atoms with Crippen LogP contribution in [0.25, 0.3) is 5.57 Å². The van der Waals surface area contributed by atoms with E-state index in [0.717, 1.165) is 0 Å². The minimum atomic E-state index is -3.40. The fourth-order valence-electron chi connectivity index (χ4n) is 3.32. The number of rotatable bonds is 6. The maximum atomic E-state index is 14.6. The van der Waals surface area contributed by atoms with Gasteiger partial charge in [0.1, 0.15) is 0 Å². The van der Waals surface area contributed by atoms with E-state index in [2.05, 4.69) is 4.65 Å². The lowest BCUT2D eigenvalue weighted by atomic mass is 9.91. The van der Waals surface area contributed by atoms with E-state index in [1.165, 1.54) is 0 Å². The van der Waals surface area contributed by atoms with Gasteiger partial charge in [-0.05, 0) is 11.6 Å². The normalized spacial score (nSPS) is 12.1. The molecule has 214 valence electrons. The molecule has 0 spiro atoms. The van der Waals surface area contributed by atoms with E-state index in [-0.39, 0.29) is 0 Å².